The second kappa shape index (κ2) is 8.98. The van der Waals surface area contributed by atoms with Gasteiger partial charge in [-0.25, -0.2) is 15.0 Å². The van der Waals surface area contributed by atoms with E-state index in [0.717, 1.165) is 31.5 Å². The van der Waals surface area contributed by atoms with E-state index in [1.165, 1.54) is 6.07 Å². The fourth-order valence-corrected chi connectivity index (χ4v) is 4.88. The summed E-state index contributed by atoms with van der Waals surface area (Å²) in [6, 6.07) is 10.8. The third kappa shape index (κ3) is 4.54. The van der Waals surface area contributed by atoms with E-state index in [1.807, 2.05) is 4.90 Å². The number of halogens is 3. The Morgan fingerprint density at radius 2 is 1.89 bits per heavy atom. The normalized spacial score (nSPS) is 21.1. The number of benzene rings is 1. The number of carbonyl (C=O) groups is 1. The molecule has 1 N–H and O–H groups in total. The Morgan fingerprint density at radius 3 is 2.54 bits per heavy atom. The fraction of sp³-hybridized carbons (Fsp3) is 0.320. The molecule has 1 aliphatic carbocycles. The van der Waals surface area contributed by atoms with Gasteiger partial charge in [0.15, 0.2) is 5.82 Å². The van der Waals surface area contributed by atoms with Crippen molar-refractivity contribution in [2.24, 2.45) is 5.92 Å². The lowest BCUT2D eigenvalue weighted by Gasteiger charge is -2.53. The lowest BCUT2D eigenvalue weighted by Crippen LogP contribution is -2.60. The molecule has 1 aromatic carbocycles. The van der Waals surface area contributed by atoms with Crippen molar-refractivity contribution in [2.75, 3.05) is 11.9 Å². The minimum absolute atomic E-state index is 0.0731. The van der Waals surface area contributed by atoms with Crippen molar-refractivity contribution in [3.8, 4) is 17.5 Å². The van der Waals surface area contributed by atoms with Gasteiger partial charge in [0.05, 0.1) is 22.8 Å². The maximum Gasteiger partial charge on any atom is 0.417 e. The molecule has 3 fully saturated rings. The van der Waals surface area contributed by atoms with Gasteiger partial charge in [0.2, 0.25) is 0 Å². The van der Waals surface area contributed by atoms with Crippen molar-refractivity contribution in [3.05, 3.63) is 71.7 Å². The number of nitrogens with one attached hydrogen (secondary N) is 1. The molecule has 2 bridgehead atoms. The fourth-order valence-electron chi connectivity index (χ4n) is 4.88. The van der Waals surface area contributed by atoms with E-state index in [4.69, 9.17) is 0 Å². The van der Waals surface area contributed by atoms with Gasteiger partial charge in [-0.2, -0.15) is 18.4 Å². The van der Waals surface area contributed by atoms with Gasteiger partial charge in [-0.05, 0) is 61.6 Å². The van der Waals surface area contributed by atoms with Gasteiger partial charge in [-0.1, -0.05) is 0 Å². The molecule has 2 aromatic heterocycles. The van der Waals surface area contributed by atoms with Crippen molar-refractivity contribution in [2.45, 2.75) is 37.5 Å². The van der Waals surface area contributed by atoms with Crippen molar-refractivity contribution in [1.29, 1.82) is 5.26 Å². The first-order valence-electron chi connectivity index (χ1n) is 11.2. The number of nitriles is 1. The van der Waals surface area contributed by atoms with Crippen molar-refractivity contribution < 1.29 is 18.0 Å². The minimum atomic E-state index is -4.45. The number of aromatic nitrogens is 3. The molecular weight excluding hydrogens is 457 g/mol. The zero-order valence-corrected chi connectivity index (χ0v) is 18.5. The zero-order valence-electron chi connectivity index (χ0n) is 18.5. The van der Waals surface area contributed by atoms with Crippen molar-refractivity contribution >= 4 is 11.7 Å². The number of hydrogen-bond donors (Lipinski definition) is 1. The lowest BCUT2D eigenvalue weighted by atomic mass is 9.70. The molecule has 1 atom stereocenters. The lowest BCUT2D eigenvalue weighted by molar-refractivity contribution is -0.137. The Kier molecular flexibility index (Phi) is 5.84. The summed E-state index contributed by atoms with van der Waals surface area (Å²) in [5.41, 5.74) is 0.456. The van der Waals surface area contributed by atoms with E-state index in [0.29, 0.717) is 40.8 Å². The van der Waals surface area contributed by atoms with Crippen LogP contribution in [0.25, 0.3) is 11.4 Å². The highest BCUT2D eigenvalue weighted by molar-refractivity contribution is 6.01. The predicted octanol–water partition coefficient (Wildman–Crippen LogP) is 4.53. The van der Waals surface area contributed by atoms with E-state index in [1.54, 1.807) is 36.7 Å². The third-order valence-electron chi connectivity index (χ3n) is 6.63. The molecule has 0 radical (unpaired) electrons. The summed E-state index contributed by atoms with van der Waals surface area (Å²) in [6.45, 7) is 0.353. The second-order valence-electron chi connectivity index (χ2n) is 8.85. The molecule has 178 valence electrons. The monoisotopic (exact) mass is 478 g/mol. The molecule has 2 aliphatic heterocycles. The number of carbonyl (C=O) groups excluding carboxylic acids is 1. The van der Waals surface area contributed by atoms with Crippen LogP contribution in [0, 0.1) is 17.2 Å². The smallest absolute Gasteiger partial charge is 0.368 e. The maximum absolute atomic E-state index is 13.9. The number of anilines is 1. The molecular formula is C25H21F3N6O. The number of rotatable bonds is 5. The van der Waals surface area contributed by atoms with Crippen LogP contribution in [0.3, 0.4) is 0 Å². The summed E-state index contributed by atoms with van der Waals surface area (Å²) in [7, 11) is 0. The van der Waals surface area contributed by atoms with E-state index >= 15 is 0 Å². The Morgan fingerprint density at radius 1 is 1.11 bits per heavy atom. The highest BCUT2D eigenvalue weighted by Gasteiger charge is 2.46. The van der Waals surface area contributed by atoms with Gasteiger partial charge in [0, 0.05) is 42.8 Å². The Bertz CT molecular complexity index is 1270. The van der Waals surface area contributed by atoms with Crippen LogP contribution >= 0.6 is 0 Å². The Hall–Kier alpha value is -4.00. The van der Waals surface area contributed by atoms with Gasteiger partial charge < -0.3 is 10.2 Å². The van der Waals surface area contributed by atoms with Gasteiger partial charge in [0.25, 0.3) is 5.91 Å². The first-order chi connectivity index (χ1) is 16.8. The van der Waals surface area contributed by atoms with E-state index in [-0.39, 0.29) is 18.0 Å². The highest BCUT2D eigenvalue weighted by Crippen LogP contribution is 2.44. The molecule has 4 heterocycles. The van der Waals surface area contributed by atoms with Gasteiger partial charge in [-0.15, -0.1) is 0 Å². The largest absolute Gasteiger partial charge is 0.417 e. The van der Waals surface area contributed by atoms with Crippen LogP contribution in [0.1, 0.15) is 40.7 Å². The first-order valence-corrected chi connectivity index (χ1v) is 11.2. The number of amides is 1. The average Bonchev–Trinajstić information content (AvgIpc) is 2.86. The number of alkyl halides is 3. The second-order valence-corrected chi connectivity index (χ2v) is 8.85. The molecule has 0 unspecified atom stereocenters. The van der Waals surface area contributed by atoms with Crippen LogP contribution in [0.15, 0.2) is 55.0 Å². The summed E-state index contributed by atoms with van der Waals surface area (Å²) < 4.78 is 38.5. The van der Waals surface area contributed by atoms with Gasteiger partial charge in [-0.3, -0.25) is 4.79 Å². The van der Waals surface area contributed by atoms with Crippen molar-refractivity contribution in [3.63, 3.8) is 0 Å². The van der Waals surface area contributed by atoms with Crippen molar-refractivity contribution in [1.82, 2.24) is 19.9 Å². The summed E-state index contributed by atoms with van der Waals surface area (Å²) in [6.07, 6.45) is 2.14. The Balaban J connectivity index is 1.40. The van der Waals surface area contributed by atoms with E-state index in [9.17, 15) is 23.2 Å². The molecule has 3 aromatic rings. The van der Waals surface area contributed by atoms with Crippen LogP contribution in [0.4, 0.5) is 19.0 Å². The number of hydrogen-bond acceptors (Lipinski definition) is 6. The van der Waals surface area contributed by atoms with E-state index in [2.05, 4.69) is 26.3 Å². The zero-order chi connectivity index (χ0) is 24.6. The molecule has 2 saturated heterocycles. The van der Waals surface area contributed by atoms with Crippen LogP contribution in [0.2, 0.25) is 0 Å². The highest BCUT2D eigenvalue weighted by atomic mass is 19.4. The Labute approximate surface area is 199 Å². The summed E-state index contributed by atoms with van der Waals surface area (Å²) >= 11 is 0. The number of fused-ring (bicyclic) bond motifs is 2. The molecule has 0 spiro atoms. The van der Waals surface area contributed by atoms with Crippen LogP contribution in [-0.2, 0) is 6.18 Å². The molecule has 3 aliphatic rings. The molecule has 35 heavy (non-hydrogen) atoms. The van der Waals surface area contributed by atoms with E-state index < -0.39 is 11.7 Å². The number of nitrogens with zero attached hydrogens (tertiary/aromatic N) is 5. The summed E-state index contributed by atoms with van der Waals surface area (Å²) in [5, 5.41) is 12.5. The first kappa shape index (κ1) is 22.8. The van der Waals surface area contributed by atoms with Crippen LogP contribution in [-0.4, -0.2) is 44.4 Å². The predicted molar refractivity (Wildman–Crippen MR) is 121 cm³/mol. The minimum Gasteiger partial charge on any atom is -0.368 e. The molecule has 1 saturated carbocycles. The molecule has 6 rings (SSSR count). The van der Waals surface area contributed by atoms with Crippen LogP contribution < -0.4 is 5.32 Å². The quantitative estimate of drug-likeness (QED) is 0.579. The standard InChI is InChI=1S/C25H21F3N6O/c26-25(27,28)17-3-5-22(32-13-17)33-14-19-10-16-8-18(9-16)34(19)24(35)21-11-15(12-29)2-4-20(21)23-30-6-1-7-31-23/h1-7,11,13,16,18-19H,8-10,14H2,(H,32,33)/t16?,18?,19-/m0/s1. The summed E-state index contributed by atoms with van der Waals surface area (Å²) in [5.74, 6) is 1.01. The molecule has 1 amide bonds. The molecule has 7 nitrogen and oxygen atoms in total. The van der Waals surface area contributed by atoms with Gasteiger partial charge in [0.1, 0.15) is 5.82 Å². The molecule has 10 heteroatoms. The number of piperidine rings is 2. The van der Waals surface area contributed by atoms with Crippen LogP contribution in [0.5, 0.6) is 0 Å². The average molecular weight is 478 g/mol. The van der Waals surface area contributed by atoms with Gasteiger partial charge >= 0.3 is 6.18 Å². The SMILES string of the molecule is N#Cc1ccc(-c2ncccn2)c(C(=O)N2C3CC(C3)C[C@H]2CNc2ccc(C(F)(F)F)cn2)c1. The third-order valence-corrected chi connectivity index (χ3v) is 6.63. The topological polar surface area (TPSA) is 94.8 Å². The maximum atomic E-state index is 13.9. The summed E-state index contributed by atoms with van der Waals surface area (Å²) in [4.78, 5) is 28.1. The number of pyridine rings is 1.